The van der Waals surface area contributed by atoms with Crippen molar-refractivity contribution in [3.05, 3.63) is 26.6 Å². The zero-order chi connectivity index (χ0) is 8.59. The molecule has 1 aromatic rings. The van der Waals surface area contributed by atoms with Crippen LogP contribution in [0.1, 0.15) is 0 Å². The Labute approximate surface area is 84.7 Å². The Kier molecular flexibility index (Phi) is 2.94. The van der Waals surface area contributed by atoms with E-state index in [-0.39, 0.29) is 13.8 Å². The smallest absolute Gasteiger partial charge is 0.141 e. The maximum atomic E-state index is 12.7. The van der Waals surface area contributed by atoms with Crippen molar-refractivity contribution in [3.63, 3.8) is 0 Å². The first-order valence-electron chi connectivity index (χ1n) is 2.56. The van der Waals surface area contributed by atoms with Crippen LogP contribution in [-0.2, 0) is 0 Å². The van der Waals surface area contributed by atoms with Crippen LogP contribution in [0.3, 0.4) is 0 Å². The van der Waals surface area contributed by atoms with Crippen molar-refractivity contribution in [2.24, 2.45) is 0 Å². The van der Waals surface area contributed by atoms with Crippen molar-refractivity contribution in [2.45, 2.75) is 4.90 Å². The first kappa shape index (κ1) is 9.48. The minimum Gasteiger partial charge on any atom is -0.206 e. The lowest BCUT2D eigenvalue weighted by atomic mass is 10.3. The van der Waals surface area contributed by atoms with Gasteiger partial charge in [0.1, 0.15) is 11.6 Å². The molecule has 11 heavy (non-hydrogen) atoms. The summed E-state index contributed by atoms with van der Waals surface area (Å²) >= 11 is 9.71. The van der Waals surface area contributed by atoms with E-state index in [1.165, 1.54) is 0 Å². The van der Waals surface area contributed by atoms with Gasteiger partial charge >= 0.3 is 0 Å². The summed E-state index contributed by atoms with van der Waals surface area (Å²) in [6, 6.07) is 0.786. The molecule has 60 valence electrons. The Morgan fingerprint density at radius 1 is 1.09 bits per heavy atom. The lowest BCUT2D eigenvalue weighted by Crippen LogP contribution is -1.86. The third-order valence-corrected chi connectivity index (χ3v) is 3.70. The largest absolute Gasteiger partial charge is 0.206 e. The molecule has 5 heteroatoms. The predicted octanol–water partition coefficient (Wildman–Crippen LogP) is 3.78. The minimum absolute atomic E-state index is 0.161. The summed E-state index contributed by atoms with van der Waals surface area (Å²) < 4.78 is 25.6. The summed E-state index contributed by atoms with van der Waals surface area (Å²) in [6.07, 6.45) is 0. The third-order valence-electron chi connectivity index (χ3n) is 1.09. The summed E-state index contributed by atoms with van der Waals surface area (Å²) in [6.45, 7) is 0. The standard InChI is InChI=1S/C6H2Br2F2S/c7-4-2(9)1-3(10)5(8)6(4)11/h1,11H. The highest BCUT2D eigenvalue weighted by molar-refractivity contribution is 9.11. The van der Waals surface area contributed by atoms with Crippen LogP contribution in [0, 0.1) is 11.6 Å². The SMILES string of the molecule is Fc1cc(F)c(Br)c(S)c1Br. The molecule has 0 spiro atoms. The molecule has 1 aromatic carbocycles. The van der Waals surface area contributed by atoms with E-state index in [2.05, 4.69) is 44.5 Å². The lowest BCUT2D eigenvalue weighted by molar-refractivity contribution is 0.567. The summed E-state index contributed by atoms with van der Waals surface area (Å²) in [5, 5.41) is 0. The summed E-state index contributed by atoms with van der Waals surface area (Å²) in [4.78, 5) is 0.225. The summed E-state index contributed by atoms with van der Waals surface area (Å²) in [7, 11) is 0. The molecule has 0 fully saturated rings. The Morgan fingerprint density at radius 2 is 1.45 bits per heavy atom. The van der Waals surface area contributed by atoms with Gasteiger partial charge in [-0.15, -0.1) is 12.6 Å². The molecular weight excluding hydrogens is 302 g/mol. The number of hydrogen-bond donors (Lipinski definition) is 1. The predicted molar refractivity (Wildman–Crippen MR) is 49.0 cm³/mol. The number of hydrogen-bond acceptors (Lipinski definition) is 1. The van der Waals surface area contributed by atoms with E-state index < -0.39 is 11.6 Å². The quantitative estimate of drug-likeness (QED) is 0.547. The van der Waals surface area contributed by atoms with Crippen molar-refractivity contribution in [3.8, 4) is 0 Å². The van der Waals surface area contributed by atoms with Crippen molar-refractivity contribution >= 4 is 44.5 Å². The molecule has 0 N–H and O–H groups in total. The zero-order valence-electron chi connectivity index (χ0n) is 5.04. The average molecular weight is 304 g/mol. The van der Waals surface area contributed by atoms with Crippen LogP contribution in [0.2, 0.25) is 0 Å². The van der Waals surface area contributed by atoms with Gasteiger partial charge in [-0.2, -0.15) is 0 Å². The Balaban J connectivity index is 3.46. The molecule has 0 atom stereocenters. The van der Waals surface area contributed by atoms with Gasteiger partial charge in [0.2, 0.25) is 0 Å². The second-order valence-electron chi connectivity index (χ2n) is 1.82. The van der Waals surface area contributed by atoms with Crippen molar-refractivity contribution in [1.29, 1.82) is 0 Å². The lowest BCUT2D eigenvalue weighted by Gasteiger charge is -2.02. The van der Waals surface area contributed by atoms with Crippen LogP contribution in [0.4, 0.5) is 8.78 Å². The maximum absolute atomic E-state index is 12.7. The van der Waals surface area contributed by atoms with E-state index in [4.69, 9.17) is 0 Å². The fraction of sp³-hybridized carbons (Fsp3) is 0. The Morgan fingerprint density at radius 3 is 1.82 bits per heavy atom. The third kappa shape index (κ3) is 1.76. The van der Waals surface area contributed by atoms with Gasteiger partial charge in [-0.05, 0) is 31.9 Å². The molecule has 0 amide bonds. The van der Waals surface area contributed by atoms with Crippen LogP contribution in [0.15, 0.2) is 19.9 Å². The number of thiol groups is 1. The van der Waals surface area contributed by atoms with E-state index in [9.17, 15) is 8.78 Å². The number of halogens is 4. The molecule has 0 bridgehead atoms. The molecule has 0 saturated heterocycles. The fourth-order valence-electron chi connectivity index (χ4n) is 0.561. The molecular formula is C6H2Br2F2S. The second kappa shape index (κ2) is 3.41. The fourth-order valence-corrected chi connectivity index (χ4v) is 1.67. The van der Waals surface area contributed by atoms with E-state index >= 15 is 0 Å². The summed E-state index contributed by atoms with van der Waals surface area (Å²) in [5.41, 5.74) is 0. The molecule has 0 saturated carbocycles. The van der Waals surface area contributed by atoms with Crippen LogP contribution in [-0.4, -0.2) is 0 Å². The molecule has 0 aliphatic carbocycles. The van der Waals surface area contributed by atoms with E-state index in [0.717, 1.165) is 6.07 Å². The van der Waals surface area contributed by atoms with Gasteiger partial charge in [0, 0.05) is 11.0 Å². The molecule has 0 aliphatic rings. The Bertz CT molecular complexity index is 275. The minimum atomic E-state index is -0.657. The molecule has 0 nitrogen and oxygen atoms in total. The molecule has 0 aromatic heterocycles. The number of benzene rings is 1. The highest BCUT2D eigenvalue weighted by Gasteiger charge is 2.11. The normalized spacial score (nSPS) is 10.3. The molecule has 0 aliphatic heterocycles. The molecule has 0 radical (unpaired) electrons. The van der Waals surface area contributed by atoms with Gasteiger partial charge in [-0.3, -0.25) is 0 Å². The van der Waals surface area contributed by atoms with Gasteiger partial charge in [0.05, 0.1) is 8.95 Å². The first-order chi connectivity index (χ1) is 5.04. The average Bonchev–Trinajstić information content (AvgIpc) is 1.97. The highest BCUT2D eigenvalue weighted by Crippen LogP contribution is 2.32. The van der Waals surface area contributed by atoms with Crippen molar-refractivity contribution in [1.82, 2.24) is 0 Å². The zero-order valence-corrected chi connectivity index (χ0v) is 9.10. The van der Waals surface area contributed by atoms with Gasteiger partial charge in [0.25, 0.3) is 0 Å². The van der Waals surface area contributed by atoms with Gasteiger partial charge < -0.3 is 0 Å². The molecule has 0 unspecified atom stereocenters. The van der Waals surface area contributed by atoms with E-state index in [1.54, 1.807) is 0 Å². The first-order valence-corrected chi connectivity index (χ1v) is 4.59. The summed E-state index contributed by atoms with van der Waals surface area (Å²) in [5.74, 6) is -1.31. The van der Waals surface area contributed by atoms with Crippen LogP contribution in [0.25, 0.3) is 0 Å². The van der Waals surface area contributed by atoms with Crippen LogP contribution < -0.4 is 0 Å². The topological polar surface area (TPSA) is 0 Å². The number of rotatable bonds is 0. The highest BCUT2D eigenvalue weighted by atomic mass is 79.9. The van der Waals surface area contributed by atoms with Gasteiger partial charge in [-0.1, -0.05) is 0 Å². The second-order valence-corrected chi connectivity index (χ2v) is 3.85. The van der Waals surface area contributed by atoms with Gasteiger partial charge in [0.15, 0.2) is 0 Å². The van der Waals surface area contributed by atoms with E-state index in [1.807, 2.05) is 0 Å². The Hall–Kier alpha value is 0.390. The van der Waals surface area contributed by atoms with Crippen LogP contribution >= 0.6 is 44.5 Å². The van der Waals surface area contributed by atoms with Crippen LogP contribution in [0.5, 0.6) is 0 Å². The monoisotopic (exact) mass is 302 g/mol. The maximum Gasteiger partial charge on any atom is 0.141 e. The molecule has 0 heterocycles. The van der Waals surface area contributed by atoms with Crippen molar-refractivity contribution in [2.75, 3.05) is 0 Å². The van der Waals surface area contributed by atoms with E-state index in [0.29, 0.717) is 0 Å². The van der Waals surface area contributed by atoms with Gasteiger partial charge in [-0.25, -0.2) is 8.78 Å². The van der Waals surface area contributed by atoms with Crippen molar-refractivity contribution < 1.29 is 8.78 Å². The molecule has 1 rings (SSSR count).